The van der Waals surface area contributed by atoms with Gasteiger partial charge >= 0.3 is 0 Å². The van der Waals surface area contributed by atoms with Crippen molar-refractivity contribution < 1.29 is 9.59 Å². The molecule has 22 heavy (non-hydrogen) atoms. The van der Waals surface area contributed by atoms with Crippen LogP contribution in [0.4, 0.5) is 0 Å². The number of ketones is 1. The van der Waals surface area contributed by atoms with E-state index in [4.69, 9.17) is 0 Å². The molecular formula is C15H16N2O2S3. The number of carbonyl (C=O) groups is 2. The van der Waals surface area contributed by atoms with Crippen molar-refractivity contribution in [3.05, 3.63) is 45.6 Å². The third kappa shape index (κ3) is 5.82. The summed E-state index contributed by atoms with van der Waals surface area (Å²) in [5.74, 6) is 0.818. The maximum Gasteiger partial charge on any atom is 0.213 e. The topological polar surface area (TPSA) is 58.5 Å². The minimum absolute atomic E-state index is 0.0258. The highest BCUT2D eigenvalue weighted by atomic mass is 32.2. The Kier molecular flexibility index (Phi) is 6.95. The summed E-state index contributed by atoms with van der Waals surface area (Å²) in [5.41, 5.74) is 0.748. The third-order valence-corrected chi connectivity index (χ3v) is 4.77. The van der Waals surface area contributed by atoms with Crippen LogP contribution in [-0.2, 0) is 4.79 Å². The molecule has 0 aliphatic heterocycles. The lowest BCUT2D eigenvalue weighted by molar-refractivity contribution is -0.108. The van der Waals surface area contributed by atoms with E-state index in [1.54, 1.807) is 17.6 Å². The van der Waals surface area contributed by atoms with Crippen LogP contribution in [0, 0.1) is 5.92 Å². The van der Waals surface area contributed by atoms with Gasteiger partial charge in [-0.3, -0.25) is 9.59 Å². The van der Waals surface area contributed by atoms with Gasteiger partial charge < -0.3 is 5.32 Å². The fourth-order valence-electron chi connectivity index (χ4n) is 1.63. The molecule has 0 bridgehead atoms. The van der Waals surface area contributed by atoms with Gasteiger partial charge in [-0.25, -0.2) is 4.99 Å². The number of amidine groups is 1. The van der Waals surface area contributed by atoms with Gasteiger partial charge in [-0.05, 0) is 41.7 Å². The number of hydrogen-bond donors (Lipinski definition) is 2. The van der Waals surface area contributed by atoms with Crippen molar-refractivity contribution in [1.29, 1.82) is 0 Å². The first-order valence-electron chi connectivity index (χ1n) is 6.74. The van der Waals surface area contributed by atoms with Crippen LogP contribution < -0.4 is 5.32 Å². The van der Waals surface area contributed by atoms with Gasteiger partial charge in [0.2, 0.25) is 6.41 Å². The number of nitrogens with zero attached hydrogens (tertiary/aromatic N) is 1. The number of aliphatic imine (C=N–C) groups is 1. The summed E-state index contributed by atoms with van der Waals surface area (Å²) in [4.78, 5) is 27.8. The lowest BCUT2D eigenvalue weighted by atomic mass is 10.3. The van der Waals surface area contributed by atoms with Gasteiger partial charge in [0.25, 0.3) is 0 Å². The predicted octanol–water partition coefficient (Wildman–Crippen LogP) is 3.50. The fraction of sp³-hybridized carbons (Fsp3) is 0.267. The minimum atomic E-state index is 0.0258. The van der Waals surface area contributed by atoms with Crippen LogP contribution in [0.5, 0.6) is 0 Å². The molecule has 116 valence electrons. The van der Waals surface area contributed by atoms with Crippen molar-refractivity contribution in [1.82, 2.24) is 5.32 Å². The number of thioether (sulfide) groups is 1. The highest BCUT2D eigenvalue weighted by Gasteiger charge is 2.19. The molecule has 1 N–H and O–H groups in total. The predicted molar refractivity (Wildman–Crippen MR) is 96.7 cm³/mol. The summed E-state index contributed by atoms with van der Waals surface area (Å²) in [5, 5.41) is 6.44. The molecule has 0 radical (unpaired) electrons. The van der Waals surface area contributed by atoms with E-state index >= 15 is 0 Å². The molecular weight excluding hydrogens is 336 g/mol. The van der Waals surface area contributed by atoms with Gasteiger partial charge in [0, 0.05) is 0 Å². The van der Waals surface area contributed by atoms with Gasteiger partial charge in [-0.15, -0.1) is 11.3 Å². The number of rotatable bonds is 7. The lowest BCUT2D eigenvalue weighted by Crippen LogP contribution is -2.20. The SMILES string of the molecule is O=CNC(=NC(/C=C\S)=C\C1CC1)SCC(=O)c1cccs1. The normalized spacial score (nSPS) is 16.0. The molecule has 1 saturated carbocycles. The van der Waals surface area contributed by atoms with Gasteiger partial charge in [-0.2, -0.15) is 12.6 Å². The monoisotopic (exact) mass is 352 g/mol. The summed E-state index contributed by atoms with van der Waals surface area (Å²) in [6.45, 7) is 0. The number of thiol groups is 1. The Morgan fingerprint density at radius 1 is 1.55 bits per heavy atom. The molecule has 0 spiro atoms. The Bertz CT molecular complexity index is 602. The van der Waals surface area contributed by atoms with E-state index in [0.717, 1.165) is 5.70 Å². The highest BCUT2D eigenvalue weighted by molar-refractivity contribution is 8.14. The first kappa shape index (κ1) is 17.1. The van der Waals surface area contributed by atoms with E-state index in [-0.39, 0.29) is 11.5 Å². The van der Waals surface area contributed by atoms with Crippen molar-refractivity contribution >= 4 is 53.1 Å². The van der Waals surface area contributed by atoms with Crippen molar-refractivity contribution in [2.24, 2.45) is 10.9 Å². The zero-order valence-corrected chi connectivity index (χ0v) is 14.3. The van der Waals surface area contributed by atoms with Crippen molar-refractivity contribution in [3.8, 4) is 0 Å². The molecule has 1 aromatic heterocycles. The Hall–Kier alpha value is -1.31. The van der Waals surface area contributed by atoms with Crippen LogP contribution in [0.3, 0.4) is 0 Å². The fourth-order valence-corrected chi connectivity index (χ4v) is 3.26. The zero-order chi connectivity index (χ0) is 15.8. The third-order valence-electron chi connectivity index (χ3n) is 2.82. The molecule has 1 aromatic rings. The van der Waals surface area contributed by atoms with E-state index in [2.05, 4.69) is 29.0 Å². The van der Waals surface area contributed by atoms with Crippen LogP contribution in [0.1, 0.15) is 22.5 Å². The highest BCUT2D eigenvalue weighted by Crippen LogP contribution is 2.32. The molecule has 4 nitrogen and oxygen atoms in total. The largest absolute Gasteiger partial charge is 0.308 e. The van der Waals surface area contributed by atoms with Crippen LogP contribution in [0.25, 0.3) is 0 Å². The summed E-state index contributed by atoms with van der Waals surface area (Å²) in [7, 11) is 0. The maximum absolute atomic E-state index is 12.0. The Labute approximate surface area is 143 Å². The molecule has 0 saturated heterocycles. The zero-order valence-electron chi connectivity index (χ0n) is 11.8. The summed E-state index contributed by atoms with van der Waals surface area (Å²) in [6, 6.07) is 3.63. The van der Waals surface area contributed by atoms with E-state index in [1.165, 1.54) is 35.9 Å². The Balaban J connectivity index is 2.02. The smallest absolute Gasteiger partial charge is 0.213 e. The molecule has 2 rings (SSSR count). The molecule has 7 heteroatoms. The quantitative estimate of drug-likeness (QED) is 0.197. The Morgan fingerprint density at radius 2 is 2.36 bits per heavy atom. The Morgan fingerprint density at radius 3 is 2.95 bits per heavy atom. The second-order valence-corrected chi connectivity index (χ2v) is 6.82. The molecule has 0 aromatic carbocycles. The van der Waals surface area contributed by atoms with E-state index in [9.17, 15) is 9.59 Å². The van der Waals surface area contributed by atoms with Gasteiger partial charge in [0.05, 0.1) is 16.3 Å². The molecule has 1 aliphatic carbocycles. The average Bonchev–Trinajstić information content (AvgIpc) is 3.14. The van der Waals surface area contributed by atoms with Gasteiger partial charge in [-0.1, -0.05) is 23.9 Å². The number of carbonyl (C=O) groups excluding carboxylic acids is 2. The number of allylic oxidation sites excluding steroid dienone is 2. The van der Waals surface area contributed by atoms with Crippen molar-refractivity contribution in [3.63, 3.8) is 0 Å². The van der Waals surface area contributed by atoms with Crippen molar-refractivity contribution in [2.75, 3.05) is 5.75 Å². The number of Topliss-reactive ketones (excluding diaryl/α,β-unsaturated/α-hetero) is 1. The van der Waals surface area contributed by atoms with Crippen LogP contribution >= 0.6 is 35.7 Å². The molecule has 1 fully saturated rings. The molecule has 1 amide bonds. The van der Waals surface area contributed by atoms with Crippen LogP contribution in [0.15, 0.2) is 45.8 Å². The second kappa shape index (κ2) is 8.97. The molecule has 0 unspecified atom stereocenters. The summed E-state index contributed by atoms with van der Waals surface area (Å²) < 4.78 is 0. The summed E-state index contributed by atoms with van der Waals surface area (Å²) in [6.07, 6.45) is 6.73. The van der Waals surface area contributed by atoms with E-state index in [1.807, 2.05) is 11.4 Å². The lowest BCUT2D eigenvalue weighted by Gasteiger charge is -2.04. The van der Waals surface area contributed by atoms with E-state index in [0.29, 0.717) is 22.4 Å². The van der Waals surface area contributed by atoms with Gasteiger partial charge in [0.1, 0.15) is 0 Å². The first-order chi connectivity index (χ1) is 10.7. The first-order valence-corrected chi connectivity index (χ1v) is 9.12. The molecule has 0 atom stereocenters. The van der Waals surface area contributed by atoms with Crippen LogP contribution in [-0.4, -0.2) is 23.1 Å². The van der Waals surface area contributed by atoms with Crippen LogP contribution in [0.2, 0.25) is 0 Å². The number of thiophene rings is 1. The van der Waals surface area contributed by atoms with E-state index < -0.39 is 0 Å². The minimum Gasteiger partial charge on any atom is -0.308 e. The molecule has 1 aliphatic rings. The summed E-state index contributed by atoms with van der Waals surface area (Å²) >= 11 is 6.69. The second-order valence-electron chi connectivity index (χ2n) is 4.61. The molecule has 1 heterocycles. The average molecular weight is 353 g/mol. The number of nitrogens with one attached hydrogen (secondary N) is 1. The van der Waals surface area contributed by atoms with Crippen molar-refractivity contribution in [2.45, 2.75) is 12.8 Å². The number of hydrogen-bond acceptors (Lipinski definition) is 6. The standard InChI is InChI=1S/C15H16N2O2S3/c18-10-16-15(17-12(5-6-20)8-11-3-4-11)22-9-13(19)14-2-1-7-21-14/h1-2,5-8,10-11,20H,3-4,9H2,(H,16,17,18)/b6-5-,12-8-. The van der Waals surface area contributed by atoms with Gasteiger partial charge in [0.15, 0.2) is 11.0 Å². The number of amides is 1. The maximum atomic E-state index is 12.0.